The second kappa shape index (κ2) is 5.93. The van der Waals surface area contributed by atoms with Crippen LogP contribution in [0.15, 0.2) is 0 Å². The molecule has 20 heavy (non-hydrogen) atoms. The Hall–Kier alpha value is -0.130. The fourth-order valence-corrected chi connectivity index (χ4v) is 4.79. The summed E-state index contributed by atoms with van der Waals surface area (Å²) in [5.41, 5.74) is 0.461. The highest BCUT2D eigenvalue weighted by Gasteiger charge is 2.34. The van der Waals surface area contributed by atoms with Gasteiger partial charge in [0.05, 0.1) is 6.26 Å². The molecule has 1 saturated heterocycles. The van der Waals surface area contributed by atoms with Crippen LogP contribution >= 0.6 is 0 Å². The first-order valence-corrected chi connectivity index (χ1v) is 9.73. The number of nitrogens with one attached hydrogen (secondary N) is 1. The summed E-state index contributed by atoms with van der Waals surface area (Å²) in [6.45, 7) is 8.36. The first-order chi connectivity index (χ1) is 9.17. The number of hydrogen-bond donors (Lipinski definition) is 1. The molecule has 1 saturated carbocycles. The molecule has 2 fully saturated rings. The summed E-state index contributed by atoms with van der Waals surface area (Å²) >= 11 is 0. The fraction of sp³-hybridized carbons (Fsp3) is 1.00. The molecule has 2 aliphatic rings. The zero-order valence-corrected chi connectivity index (χ0v) is 14.2. The zero-order valence-electron chi connectivity index (χ0n) is 13.4. The molecule has 0 bridgehead atoms. The maximum absolute atomic E-state index is 11.7. The summed E-state index contributed by atoms with van der Waals surface area (Å²) in [6, 6.07) is 0.875. The third-order valence-corrected chi connectivity index (χ3v) is 6.27. The molecule has 5 heteroatoms. The van der Waals surface area contributed by atoms with Gasteiger partial charge in [-0.3, -0.25) is 0 Å². The van der Waals surface area contributed by atoms with Crippen LogP contribution in [0.2, 0.25) is 0 Å². The van der Waals surface area contributed by atoms with E-state index in [9.17, 15) is 8.42 Å². The standard InChI is InChI=1S/C15H30N2O2S/c1-12-10-15(2,3)8-7-14(12)16-13-6-5-9-17(11-13)20(4,18)19/h12-14,16H,5-11H2,1-4H3. The summed E-state index contributed by atoms with van der Waals surface area (Å²) < 4.78 is 25.0. The Morgan fingerprint density at radius 2 is 1.95 bits per heavy atom. The molecule has 0 aromatic carbocycles. The Morgan fingerprint density at radius 1 is 1.25 bits per heavy atom. The molecular weight excluding hydrogens is 272 g/mol. The third kappa shape index (κ3) is 4.18. The van der Waals surface area contributed by atoms with Gasteiger partial charge in [0.2, 0.25) is 10.0 Å². The van der Waals surface area contributed by atoms with Gasteiger partial charge in [-0.15, -0.1) is 0 Å². The molecule has 1 N–H and O–H groups in total. The summed E-state index contributed by atoms with van der Waals surface area (Å²) in [5, 5.41) is 3.74. The summed E-state index contributed by atoms with van der Waals surface area (Å²) in [7, 11) is -3.04. The van der Waals surface area contributed by atoms with E-state index in [1.807, 2.05) is 0 Å². The van der Waals surface area contributed by atoms with Gasteiger partial charge in [-0.25, -0.2) is 12.7 Å². The molecule has 3 atom stereocenters. The predicted molar refractivity (Wildman–Crippen MR) is 83.2 cm³/mol. The Bertz CT molecular complexity index is 433. The topological polar surface area (TPSA) is 49.4 Å². The van der Waals surface area contributed by atoms with E-state index in [2.05, 4.69) is 26.1 Å². The minimum atomic E-state index is -3.04. The van der Waals surface area contributed by atoms with Crippen LogP contribution in [-0.2, 0) is 10.0 Å². The lowest BCUT2D eigenvalue weighted by molar-refractivity contribution is 0.132. The minimum absolute atomic E-state index is 0.326. The number of nitrogens with zero attached hydrogens (tertiary/aromatic N) is 1. The van der Waals surface area contributed by atoms with E-state index in [-0.39, 0.29) is 0 Å². The van der Waals surface area contributed by atoms with Crippen LogP contribution in [0.25, 0.3) is 0 Å². The van der Waals surface area contributed by atoms with Crippen LogP contribution < -0.4 is 5.32 Å². The highest BCUT2D eigenvalue weighted by molar-refractivity contribution is 7.88. The Morgan fingerprint density at radius 3 is 2.55 bits per heavy atom. The molecule has 1 aliphatic heterocycles. The monoisotopic (exact) mass is 302 g/mol. The molecular formula is C15H30N2O2S. The highest BCUT2D eigenvalue weighted by atomic mass is 32.2. The molecule has 0 radical (unpaired) electrons. The SMILES string of the molecule is CC1CC(C)(C)CCC1NC1CCCN(S(C)(=O)=O)C1. The molecule has 0 amide bonds. The van der Waals surface area contributed by atoms with Crippen molar-refractivity contribution in [2.75, 3.05) is 19.3 Å². The van der Waals surface area contributed by atoms with E-state index in [1.54, 1.807) is 4.31 Å². The van der Waals surface area contributed by atoms with Crippen molar-refractivity contribution in [2.24, 2.45) is 11.3 Å². The van der Waals surface area contributed by atoms with E-state index in [0.717, 1.165) is 12.8 Å². The quantitative estimate of drug-likeness (QED) is 0.869. The third-order valence-electron chi connectivity index (χ3n) is 5.00. The summed E-state index contributed by atoms with van der Waals surface area (Å²) in [6.07, 6.45) is 7.12. The van der Waals surface area contributed by atoms with Gasteiger partial charge >= 0.3 is 0 Å². The second-order valence-electron chi connectivity index (χ2n) is 7.62. The smallest absolute Gasteiger partial charge is 0.211 e. The molecule has 118 valence electrons. The van der Waals surface area contributed by atoms with Gasteiger partial charge in [0, 0.05) is 25.2 Å². The van der Waals surface area contributed by atoms with Gasteiger partial charge in [-0.1, -0.05) is 20.8 Å². The van der Waals surface area contributed by atoms with Gasteiger partial charge in [0.15, 0.2) is 0 Å². The average molecular weight is 302 g/mol. The van der Waals surface area contributed by atoms with Crippen LogP contribution in [0.1, 0.15) is 52.9 Å². The minimum Gasteiger partial charge on any atom is -0.310 e. The van der Waals surface area contributed by atoms with Crippen molar-refractivity contribution in [1.82, 2.24) is 9.62 Å². The predicted octanol–water partition coefficient (Wildman–Crippen LogP) is 2.21. The van der Waals surface area contributed by atoms with E-state index < -0.39 is 10.0 Å². The van der Waals surface area contributed by atoms with Gasteiger partial charge in [-0.2, -0.15) is 0 Å². The molecule has 2 rings (SSSR count). The number of sulfonamides is 1. The summed E-state index contributed by atoms with van der Waals surface area (Å²) in [4.78, 5) is 0. The van der Waals surface area contributed by atoms with Crippen molar-refractivity contribution in [3.8, 4) is 0 Å². The lowest BCUT2D eigenvalue weighted by Crippen LogP contribution is -2.53. The lowest BCUT2D eigenvalue weighted by Gasteiger charge is -2.42. The van der Waals surface area contributed by atoms with E-state index in [1.165, 1.54) is 25.5 Å². The number of hydrogen-bond acceptors (Lipinski definition) is 3. The molecule has 1 heterocycles. The van der Waals surface area contributed by atoms with Crippen LogP contribution in [-0.4, -0.2) is 44.2 Å². The number of piperidine rings is 1. The number of rotatable bonds is 3. The second-order valence-corrected chi connectivity index (χ2v) is 9.60. The molecule has 3 unspecified atom stereocenters. The van der Waals surface area contributed by atoms with Crippen molar-refractivity contribution in [3.05, 3.63) is 0 Å². The summed E-state index contributed by atoms with van der Waals surface area (Å²) in [5.74, 6) is 0.673. The molecule has 1 aliphatic carbocycles. The fourth-order valence-electron chi connectivity index (χ4n) is 3.88. The molecule has 0 aromatic rings. The van der Waals surface area contributed by atoms with Crippen LogP contribution in [0.3, 0.4) is 0 Å². The van der Waals surface area contributed by atoms with Crippen LogP contribution in [0.4, 0.5) is 0 Å². The van der Waals surface area contributed by atoms with E-state index in [0.29, 0.717) is 36.5 Å². The zero-order chi connectivity index (χ0) is 15.0. The van der Waals surface area contributed by atoms with Crippen molar-refractivity contribution in [3.63, 3.8) is 0 Å². The highest BCUT2D eigenvalue weighted by Crippen LogP contribution is 2.38. The van der Waals surface area contributed by atoms with Crippen LogP contribution in [0, 0.1) is 11.3 Å². The first-order valence-electron chi connectivity index (χ1n) is 7.88. The van der Waals surface area contributed by atoms with Gasteiger partial charge in [-0.05, 0) is 43.4 Å². The Kier molecular flexibility index (Phi) is 4.82. The molecule has 4 nitrogen and oxygen atoms in total. The normalized spacial score (nSPS) is 35.9. The first kappa shape index (κ1) is 16.2. The van der Waals surface area contributed by atoms with E-state index >= 15 is 0 Å². The van der Waals surface area contributed by atoms with Crippen molar-refractivity contribution >= 4 is 10.0 Å². The largest absolute Gasteiger partial charge is 0.310 e. The van der Waals surface area contributed by atoms with Gasteiger partial charge < -0.3 is 5.32 Å². The van der Waals surface area contributed by atoms with Crippen molar-refractivity contribution in [1.29, 1.82) is 0 Å². The maximum Gasteiger partial charge on any atom is 0.211 e. The van der Waals surface area contributed by atoms with Crippen molar-refractivity contribution in [2.45, 2.75) is 65.0 Å². The average Bonchev–Trinajstić information content (AvgIpc) is 2.32. The lowest BCUT2D eigenvalue weighted by atomic mass is 9.70. The van der Waals surface area contributed by atoms with Crippen molar-refractivity contribution < 1.29 is 8.42 Å². The molecule has 0 spiro atoms. The Balaban J connectivity index is 1.90. The molecule has 0 aromatic heterocycles. The maximum atomic E-state index is 11.7. The van der Waals surface area contributed by atoms with Gasteiger partial charge in [0.1, 0.15) is 0 Å². The van der Waals surface area contributed by atoms with E-state index in [4.69, 9.17) is 0 Å². The Labute approximate surface area is 124 Å². The van der Waals surface area contributed by atoms with Crippen LogP contribution in [0.5, 0.6) is 0 Å². The van der Waals surface area contributed by atoms with Gasteiger partial charge in [0.25, 0.3) is 0 Å².